The minimum Gasteiger partial charge on any atom is -0.402 e. The van der Waals surface area contributed by atoms with E-state index in [1.165, 1.54) is 47.9 Å². The van der Waals surface area contributed by atoms with Crippen molar-refractivity contribution in [3.63, 3.8) is 0 Å². The van der Waals surface area contributed by atoms with E-state index >= 15 is 0 Å². The number of allylic oxidation sites excluding steroid dienone is 5. The van der Waals surface area contributed by atoms with Crippen molar-refractivity contribution in [2.45, 2.75) is 59.3 Å². The van der Waals surface area contributed by atoms with Gasteiger partial charge in [0.25, 0.3) is 0 Å². The minimum atomic E-state index is 0.790. The van der Waals surface area contributed by atoms with Crippen LogP contribution >= 0.6 is 0 Å². The fourth-order valence-electron chi connectivity index (χ4n) is 4.63. The van der Waals surface area contributed by atoms with Gasteiger partial charge in [-0.15, -0.1) is 0 Å². The van der Waals surface area contributed by atoms with Gasteiger partial charge in [-0.25, -0.2) is 0 Å². The molecule has 158 valence electrons. The monoisotopic (exact) mass is 399 g/mol. The van der Waals surface area contributed by atoms with Gasteiger partial charge in [0.15, 0.2) is 0 Å². The smallest absolute Gasteiger partial charge is 0.0131 e. The predicted molar refractivity (Wildman–Crippen MR) is 131 cm³/mol. The zero-order valence-corrected chi connectivity index (χ0v) is 19.0. The molecule has 1 nitrogen and oxygen atoms in total. The van der Waals surface area contributed by atoms with Gasteiger partial charge in [0, 0.05) is 11.3 Å². The molecule has 0 saturated heterocycles. The summed E-state index contributed by atoms with van der Waals surface area (Å²) in [5.41, 5.74) is 14.4. The summed E-state index contributed by atoms with van der Waals surface area (Å²) >= 11 is 0. The second-order valence-electron chi connectivity index (χ2n) is 9.18. The van der Waals surface area contributed by atoms with Crippen molar-refractivity contribution in [2.75, 3.05) is 0 Å². The molecule has 30 heavy (non-hydrogen) atoms. The molecule has 3 rings (SSSR count). The Balaban J connectivity index is 1.85. The normalized spacial score (nSPS) is 20.6. The fraction of sp³-hybridized carbons (Fsp3) is 0.379. The van der Waals surface area contributed by atoms with E-state index in [4.69, 9.17) is 5.73 Å². The Kier molecular flexibility index (Phi) is 7.74. The summed E-state index contributed by atoms with van der Waals surface area (Å²) in [7, 11) is 0. The lowest BCUT2D eigenvalue weighted by Crippen LogP contribution is -2.12. The van der Waals surface area contributed by atoms with E-state index in [2.05, 4.69) is 81.1 Å². The summed E-state index contributed by atoms with van der Waals surface area (Å²) in [6, 6.07) is 19.6. The van der Waals surface area contributed by atoms with Gasteiger partial charge in [0.1, 0.15) is 0 Å². The van der Waals surface area contributed by atoms with Crippen molar-refractivity contribution in [3.8, 4) is 0 Å². The van der Waals surface area contributed by atoms with E-state index in [0.29, 0.717) is 0 Å². The van der Waals surface area contributed by atoms with E-state index in [1.807, 2.05) is 6.92 Å². The molecule has 0 unspecified atom stereocenters. The van der Waals surface area contributed by atoms with Crippen LogP contribution in [0.1, 0.15) is 69.6 Å². The highest BCUT2D eigenvalue weighted by Crippen LogP contribution is 2.34. The highest BCUT2D eigenvalue weighted by molar-refractivity contribution is 5.84. The van der Waals surface area contributed by atoms with Crippen LogP contribution in [-0.2, 0) is 6.42 Å². The molecule has 1 heteroatoms. The third-order valence-corrected chi connectivity index (χ3v) is 6.40. The fourth-order valence-corrected chi connectivity index (χ4v) is 4.63. The lowest BCUT2D eigenvalue weighted by molar-refractivity contribution is 0.292. The summed E-state index contributed by atoms with van der Waals surface area (Å²) in [5.74, 6) is 1.68. The van der Waals surface area contributed by atoms with Crippen molar-refractivity contribution in [3.05, 3.63) is 101 Å². The summed E-state index contributed by atoms with van der Waals surface area (Å²) in [5, 5.41) is 0. The second kappa shape index (κ2) is 10.5. The lowest BCUT2D eigenvalue weighted by Gasteiger charge is -2.25. The van der Waals surface area contributed by atoms with Crippen molar-refractivity contribution in [2.24, 2.45) is 17.6 Å². The first-order chi connectivity index (χ1) is 14.4. The number of rotatable bonds is 7. The molecule has 0 heterocycles. The number of benzene rings is 2. The minimum absolute atomic E-state index is 0.790. The van der Waals surface area contributed by atoms with Crippen LogP contribution in [0.2, 0.25) is 0 Å². The Morgan fingerprint density at radius 3 is 2.10 bits per heavy atom. The summed E-state index contributed by atoms with van der Waals surface area (Å²) in [4.78, 5) is 0. The molecule has 2 aromatic carbocycles. The molecule has 1 fully saturated rings. The van der Waals surface area contributed by atoms with Gasteiger partial charge >= 0.3 is 0 Å². The Morgan fingerprint density at radius 2 is 1.53 bits per heavy atom. The maximum Gasteiger partial charge on any atom is 0.0131 e. The van der Waals surface area contributed by atoms with Crippen molar-refractivity contribution < 1.29 is 0 Å². The highest BCUT2D eigenvalue weighted by atomic mass is 14.6. The van der Waals surface area contributed by atoms with Crippen molar-refractivity contribution in [1.29, 1.82) is 0 Å². The first-order valence-electron chi connectivity index (χ1n) is 11.4. The van der Waals surface area contributed by atoms with Crippen LogP contribution in [-0.4, -0.2) is 0 Å². The van der Waals surface area contributed by atoms with Crippen LogP contribution in [0, 0.1) is 11.8 Å². The van der Waals surface area contributed by atoms with Crippen LogP contribution < -0.4 is 5.73 Å². The lowest BCUT2D eigenvalue weighted by atomic mass is 9.80. The first kappa shape index (κ1) is 22.2. The Morgan fingerprint density at radius 1 is 0.933 bits per heavy atom. The van der Waals surface area contributed by atoms with Gasteiger partial charge in [-0.1, -0.05) is 87.0 Å². The maximum atomic E-state index is 6.31. The summed E-state index contributed by atoms with van der Waals surface area (Å²) in [6.07, 6.45) is 9.91. The first-order valence-corrected chi connectivity index (χ1v) is 11.4. The van der Waals surface area contributed by atoms with Gasteiger partial charge in [0.05, 0.1) is 0 Å². The van der Waals surface area contributed by atoms with Gasteiger partial charge < -0.3 is 5.73 Å². The van der Waals surface area contributed by atoms with Gasteiger partial charge in [-0.2, -0.15) is 0 Å². The molecular weight excluding hydrogens is 362 g/mol. The van der Waals surface area contributed by atoms with Crippen LogP contribution in [0.3, 0.4) is 0 Å². The molecule has 0 amide bonds. The molecule has 2 N–H and O–H groups in total. The predicted octanol–water partition coefficient (Wildman–Crippen LogP) is 7.69. The second-order valence-corrected chi connectivity index (χ2v) is 9.18. The SMILES string of the molecule is C=C(C)C(/C(=C\CC1CCC(C)CC1)c1ccc(Cc2ccccc2)cc1)=C(\C)N. The van der Waals surface area contributed by atoms with E-state index < -0.39 is 0 Å². The third kappa shape index (κ3) is 5.98. The van der Waals surface area contributed by atoms with Crippen LogP contribution in [0.4, 0.5) is 0 Å². The molecule has 0 radical (unpaired) electrons. The largest absolute Gasteiger partial charge is 0.402 e. The molecule has 0 atom stereocenters. The average molecular weight is 400 g/mol. The topological polar surface area (TPSA) is 26.0 Å². The van der Waals surface area contributed by atoms with E-state index in [0.717, 1.165) is 41.5 Å². The quantitative estimate of drug-likeness (QED) is 0.475. The molecule has 1 saturated carbocycles. The van der Waals surface area contributed by atoms with Gasteiger partial charge in [0.2, 0.25) is 0 Å². The van der Waals surface area contributed by atoms with Crippen LogP contribution in [0.15, 0.2) is 84.1 Å². The molecule has 0 spiro atoms. The van der Waals surface area contributed by atoms with Crippen LogP contribution in [0.5, 0.6) is 0 Å². The van der Waals surface area contributed by atoms with E-state index in [9.17, 15) is 0 Å². The highest BCUT2D eigenvalue weighted by Gasteiger charge is 2.18. The summed E-state index contributed by atoms with van der Waals surface area (Å²) < 4.78 is 0. The molecule has 2 aromatic rings. The summed E-state index contributed by atoms with van der Waals surface area (Å²) in [6.45, 7) is 10.7. The Hall–Kier alpha value is -2.54. The number of nitrogens with two attached hydrogens (primary N) is 1. The molecular formula is C29H37N. The van der Waals surface area contributed by atoms with E-state index in [-0.39, 0.29) is 0 Å². The zero-order valence-electron chi connectivity index (χ0n) is 19.0. The van der Waals surface area contributed by atoms with Gasteiger partial charge in [-0.05, 0) is 79.2 Å². The Labute approximate surface area is 183 Å². The van der Waals surface area contributed by atoms with Crippen molar-refractivity contribution in [1.82, 2.24) is 0 Å². The van der Waals surface area contributed by atoms with E-state index in [1.54, 1.807) is 0 Å². The zero-order chi connectivity index (χ0) is 21.5. The standard InChI is InChI=1S/C29H37N/c1-21(2)29(23(4)30)28(19-16-24-12-10-22(3)11-13-24)27-17-14-26(15-18-27)20-25-8-6-5-7-9-25/h5-9,14-15,17-19,22,24H,1,10-13,16,20,30H2,2-4H3/b28-19-,29-23-. The number of hydrogen-bond donors (Lipinski definition) is 1. The number of hydrogen-bond acceptors (Lipinski definition) is 1. The molecule has 1 aliphatic rings. The van der Waals surface area contributed by atoms with Crippen molar-refractivity contribution >= 4 is 5.57 Å². The van der Waals surface area contributed by atoms with Crippen LogP contribution in [0.25, 0.3) is 5.57 Å². The third-order valence-electron chi connectivity index (χ3n) is 6.40. The average Bonchev–Trinajstić information content (AvgIpc) is 2.73. The Bertz CT molecular complexity index is 887. The van der Waals surface area contributed by atoms with Gasteiger partial charge in [-0.3, -0.25) is 0 Å². The molecule has 0 bridgehead atoms. The molecule has 1 aliphatic carbocycles. The molecule has 0 aliphatic heterocycles. The maximum absolute atomic E-state index is 6.31. The molecule has 0 aromatic heterocycles.